The number of hydrogen-bond acceptors (Lipinski definition) is 6. The number of nitrogens with one attached hydrogen (secondary N) is 2. The average molecular weight is 494 g/mol. The third-order valence-electron chi connectivity index (χ3n) is 7.10. The van der Waals surface area contributed by atoms with Crippen LogP contribution in [0.2, 0.25) is 0 Å². The second-order valence-electron chi connectivity index (χ2n) is 10.0. The minimum atomic E-state index is -0.581. The monoisotopic (exact) mass is 493 g/mol. The van der Waals surface area contributed by atoms with Crippen LogP contribution in [-0.2, 0) is 0 Å². The number of amides is 1. The second kappa shape index (κ2) is 9.46. The maximum Gasteiger partial charge on any atom is 0.275 e. The molecule has 0 aliphatic carbocycles. The van der Waals surface area contributed by atoms with E-state index in [4.69, 9.17) is 4.74 Å². The Morgan fingerprint density at radius 2 is 1.83 bits per heavy atom. The van der Waals surface area contributed by atoms with Crippen LogP contribution in [-0.4, -0.2) is 55.2 Å². The lowest BCUT2D eigenvalue weighted by Crippen LogP contribution is -2.45. The van der Waals surface area contributed by atoms with Crippen LogP contribution < -0.4 is 25.9 Å². The standard InChI is InChI=1S/C27H32FN5O3/c1-16(2)18-5-7-19(8-6-18)29-30-27(35)21-14-33-17(3)15-36-26-23(33)20(25(21)34)13-22(28)24(26)32-11-9-31(4)10-12-32/h5-8,13-14,16-17,29H,9-12,15H2,1-4H3,(H,30,35)/t17-/m0/s1. The number of carbonyl (C=O) groups excluding carboxylic acids is 1. The van der Waals surface area contributed by atoms with Crippen molar-refractivity contribution in [3.8, 4) is 5.75 Å². The zero-order valence-electron chi connectivity index (χ0n) is 21.1. The first-order valence-corrected chi connectivity index (χ1v) is 12.4. The highest BCUT2D eigenvalue weighted by molar-refractivity contribution is 6.00. The molecule has 1 atom stereocenters. The zero-order valence-corrected chi connectivity index (χ0v) is 21.1. The van der Waals surface area contributed by atoms with E-state index in [0.717, 1.165) is 13.1 Å². The van der Waals surface area contributed by atoms with E-state index >= 15 is 4.39 Å². The molecule has 0 saturated carbocycles. The summed E-state index contributed by atoms with van der Waals surface area (Å²) in [4.78, 5) is 30.6. The van der Waals surface area contributed by atoms with Crippen molar-refractivity contribution in [1.82, 2.24) is 14.9 Å². The van der Waals surface area contributed by atoms with Crippen LogP contribution >= 0.6 is 0 Å². The van der Waals surface area contributed by atoms with E-state index in [0.29, 0.717) is 48.3 Å². The van der Waals surface area contributed by atoms with Crippen LogP contribution in [0.4, 0.5) is 15.8 Å². The molecule has 2 aliphatic heterocycles. The number of likely N-dealkylation sites (N-methyl/N-ethyl adjacent to an activating group) is 1. The number of piperazine rings is 1. The summed E-state index contributed by atoms with van der Waals surface area (Å²) in [6.45, 7) is 9.44. The van der Waals surface area contributed by atoms with Crippen molar-refractivity contribution >= 4 is 28.2 Å². The maximum atomic E-state index is 15.5. The fourth-order valence-corrected chi connectivity index (χ4v) is 4.85. The molecule has 5 rings (SSSR count). The molecule has 190 valence electrons. The maximum absolute atomic E-state index is 15.5. The molecule has 0 unspecified atom stereocenters. The highest BCUT2D eigenvalue weighted by atomic mass is 19.1. The summed E-state index contributed by atoms with van der Waals surface area (Å²) in [5.41, 5.74) is 7.69. The molecule has 3 heterocycles. The molecule has 2 N–H and O–H groups in total. The van der Waals surface area contributed by atoms with E-state index in [1.807, 2.05) is 47.7 Å². The number of carbonyl (C=O) groups is 1. The quantitative estimate of drug-likeness (QED) is 0.528. The molecule has 8 nitrogen and oxygen atoms in total. The van der Waals surface area contributed by atoms with Gasteiger partial charge in [0.05, 0.1) is 22.6 Å². The average Bonchev–Trinajstić information content (AvgIpc) is 2.86. The smallest absolute Gasteiger partial charge is 0.275 e. The van der Waals surface area contributed by atoms with Gasteiger partial charge in [0.1, 0.15) is 17.9 Å². The molecule has 1 aromatic heterocycles. The normalized spacial score (nSPS) is 17.8. The molecule has 2 aromatic carbocycles. The first-order chi connectivity index (χ1) is 17.2. The summed E-state index contributed by atoms with van der Waals surface area (Å²) >= 11 is 0. The van der Waals surface area contributed by atoms with Gasteiger partial charge in [-0.2, -0.15) is 0 Å². The summed E-state index contributed by atoms with van der Waals surface area (Å²) in [5, 5.41) is 0.140. The van der Waals surface area contributed by atoms with Crippen molar-refractivity contribution in [1.29, 1.82) is 0 Å². The fourth-order valence-electron chi connectivity index (χ4n) is 4.85. The summed E-state index contributed by atoms with van der Waals surface area (Å²) in [5.74, 6) is -0.320. The van der Waals surface area contributed by atoms with Crippen LogP contribution in [0.3, 0.4) is 0 Å². The van der Waals surface area contributed by atoms with Gasteiger partial charge in [0.15, 0.2) is 11.6 Å². The van der Waals surface area contributed by atoms with Gasteiger partial charge in [-0.1, -0.05) is 26.0 Å². The third-order valence-corrected chi connectivity index (χ3v) is 7.10. The highest BCUT2D eigenvalue weighted by Gasteiger charge is 2.31. The minimum absolute atomic E-state index is 0.0553. The molecule has 0 spiro atoms. The Morgan fingerprint density at radius 3 is 2.50 bits per heavy atom. The van der Waals surface area contributed by atoms with Crippen molar-refractivity contribution in [2.75, 3.05) is 50.2 Å². The van der Waals surface area contributed by atoms with Gasteiger partial charge in [0.2, 0.25) is 5.43 Å². The Bertz CT molecular complexity index is 1360. The number of aromatic nitrogens is 1. The highest BCUT2D eigenvalue weighted by Crippen LogP contribution is 2.42. The molecule has 2 aliphatic rings. The minimum Gasteiger partial charge on any atom is -0.487 e. The summed E-state index contributed by atoms with van der Waals surface area (Å²) in [6, 6.07) is 8.83. The molecule has 36 heavy (non-hydrogen) atoms. The van der Waals surface area contributed by atoms with Crippen LogP contribution in [0.5, 0.6) is 5.75 Å². The Labute approximate surface area is 209 Å². The number of pyridine rings is 1. The van der Waals surface area contributed by atoms with Crippen molar-refractivity contribution in [2.24, 2.45) is 0 Å². The lowest BCUT2D eigenvalue weighted by Gasteiger charge is -2.37. The summed E-state index contributed by atoms with van der Waals surface area (Å²) in [7, 11) is 2.04. The number of hydrogen-bond donors (Lipinski definition) is 2. The summed E-state index contributed by atoms with van der Waals surface area (Å²) < 4.78 is 23.4. The van der Waals surface area contributed by atoms with Gasteiger partial charge in [-0.15, -0.1) is 0 Å². The number of ether oxygens (including phenoxy) is 1. The first kappa shape index (κ1) is 24.1. The number of nitrogens with zero attached hydrogens (tertiary/aromatic N) is 3. The van der Waals surface area contributed by atoms with Gasteiger partial charge in [0, 0.05) is 32.4 Å². The Hall–Kier alpha value is -3.59. The number of anilines is 2. The molecule has 1 amide bonds. The lowest BCUT2D eigenvalue weighted by molar-refractivity contribution is 0.0960. The van der Waals surface area contributed by atoms with Crippen molar-refractivity contribution < 1.29 is 13.9 Å². The van der Waals surface area contributed by atoms with Crippen LogP contribution in [0.15, 0.2) is 41.3 Å². The van der Waals surface area contributed by atoms with E-state index in [-0.39, 0.29) is 17.0 Å². The Balaban J connectivity index is 1.50. The van der Waals surface area contributed by atoms with Gasteiger partial charge in [-0.25, -0.2) is 4.39 Å². The predicted octanol–water partition coefficient (Wildman–Crippen LogP) is 3.73. The van der Waals surface area contributed by atoms with E-state index in [9.17, 15) is 9.59 Å². The molecular weight excluding hydrogens is 461 g/mol. The largest absolute Gasteiger partial charge is 0.487 e. The molecule has 0 bridgehead atoms. The van der Waals surface area contributed by atoms with Gasteiger partial charge in [-0.05, 0) is 43.7 Å². The fraction of sp³-hybridized carbons (Fsp3) is 0.407. The Morgan fingerprint density at radius 1 is 1.14 bits per heavy atom. The van der Waals surface area contributed by atoms with E-state index in [1.54, 1.807) is 6.20 Å². The predicted molar refractivity (Wildman–Crippen MR) is 140 cm³/mol. The number of halogens is 1. The van der Waals surface area contributed by atoms with Crippen molar-refractivity contribution in [3.05, 3.63) is 63.7 Å². The number of benzene rings is 2. The van der Waals surface area contributed by atoms with Crippen LogP contribution in [0.25, 0.3) is 10.9 Å². The van der Waals surface area contributed by atoms with E-state index in [1.165, 1.54) is 11.6 Å². The molecule has 1 fully saturated rings. The van der Waals surface area contributed by atoms with Crippen molar-refractivity contribution in [3.63, 3.8) is 0 Å². The van der Waals surface area contributed by atoms with Crippen LogP contribution in [0, 0.1) is 5.82 Å². The van der Waals surface area contributed by atoms with Gasteiger partial charge >= 0.3 is 0 Å². The molecule has 0 radical (unpaired) electrons. The van der Waals surface area contributed by atoms with E-state index < -0.39 is 17.2 Å². The number of hydrazine groups is 1. The van der Waals surface area contributed by atoms with Gasteiger partial charge in [-0.3, -0.25) is 20.4 Å². The molecule has 1 saturated heterocycles. The molecule has 9 heteroatoms. The topological polar surface area (TPSA) is 78.8 Å². The lowest BCUT2D eigenvalue weighted by atomic mass is 10.0. The molecule has 3 aromatic rings. The zero-order chi connectivity index (χ0) is 25.6. The number of rotatable bonds is 5. The first-order valence-electron chi connectivity index (χ1n) is 12.4. The third kappa shape index (κ3) is 4.28. The SMILES string of the molecule is CC(C)c1ccc(NNC(=O)c2cn3c4c(c(N5CCN(C)CC5)c(F)cc4c2=O)OC[C@@H]3C)cc1. The van der Waals surface area contributed by atoms with Crippen molar-refractivity contribution in [2.45, 2.75) is 32.7 Å². The summed E-state index contributed by atoms with van der Waals surface area (Å²) in [6.07, 6.45) is 1.56. The Kier molecular flexibility index (Phi) is 6.34. The van der Waals surface area contributed by atoms with Crippen LogP contribution in [0.1, 0.15) is 48.7 Å². The molecular formula is C27H32FN5O3. The van der Waals surface area contributed by atoms with Gasteiger partial charge < -0.3 is 19.1 Å². The van der Waals surface area contributed by atoms with E-state index in [2.05, 4.69) is 29.6 Å². The van der Waals surface area contributed by atoms with Gasteiger partial charge in [0.25, 0.3) is 5.91 Å². The second-order valence-corrected chi connectivity index (χ2v) is 10.0.